The fourth-order valence-corrected chi connectivity index (χ4v) is 0.500. The SMILES string of the molecule is C/C(N=CI)=N/O. The Hall–Kier alpha value is -0.130. The van der Waals surface area contributed by atoms with Crippen molar-refractivity contribution in [3.05, 3.63) is 0 Å². The fraction of sp³-hybridized carbons (Fsp3) is 0.333. The van der Waals surface area contributed by atoms with E-state index in [0.29, 0.717) is 5.84 Å². The van der Waals surface area contributed by atoms with E-state index in [9.17, 15) is 0 Å². The highest BCUT2D eigenvalue weighted by atomic mass is 127. The van der Waals surface area contributed by atoms with E-state index >= 15 is 0 Å². The van der Waals surface area contributed by atoms with Gasteiger partial charge < -0.3 is 5.21 Å². The van der Waals surface area contributed by atoms with E-state index in [1.165, 1.54) is 4.22 Å². The fourth-order valence-electron chi connectivity index (χ4n) is 0.0964. The zero-order valence-corrected chi connectivity index (χ0v) is 5.95. The second kappa shape index (κ2) is 4.04. The molecule has 0 unspecified atom stereocenters. The molecule has 0 rings (SSSR count). The van der Waals surface area contributed by atoms with Crippen LogP contribution in [0, 0.1) is 0 Å². The molecule has 0 aromatic heterocycles. The Morgan fingerprint density at radius 2 is 2.43 bits per heavy atom. The minimum absolute atomic E-state index is 0.370. The first-order valence-electron chi connectivity index (χ1n) is 1.62. The van der Waals surface area contributed by atoms with Crippen molar-refractivity contribution in [3.8, 4) is 0 Å². The van der Waals surface area contributed by atoms with E-state index in [4.69, 9.17) is 5.21 Å². The van der Waals surface area contributed by atoms with Gasteiger partial charge in [0.1, 0.15) is 0 Å². The van der Waals surface area contributed by atoms with Crippen LogP contribution >= 0.6 is 22.6 Å². The number of nitrogens with zero attached hydrogens (tertiary/aromatic N) is 2. The molecule has 7 heavy (non-hydrogen) atoms. The maximum Gasteiger partial charge on any atom is 0.164 e. The summed E-state index contributed by atoms with van der Waals surface area (Å²) in [6.07, 6.45) is 0. The van der Waals surface area contributed by atoms with Gasteiger partial charge in [-0.1, -0.05) is 5.16 Å². The van der Waals surface area contributed by atoms with Gasteiger partial charge in [0.05, 0.1) is 4.22 Å². The third-order valence-corrected chi connectivity index (χ3v) is 0.659. The Morgan fingerprint density at radius 1 is 1.86 bits per heavy atom. The Kier molecular flexibility index (Phi) is 3.97. The third kappa shape index (κ3) is 3.71. The van der Waals surface area contributed by atoms with E-state index in [0.717, 1.165) is 0 Å². The molecule has 0 heterocycles. The van der Waals surface area contributed by atoms with Crippen molar-refractivity contribution in [2.24, 2.45) is 10.1 Å². The van der Waals surface area contributed by atoms with Gasteiger partial charge in [0.2, 0.25) is 0 Å². The Bertz CT molecular complexity index is 99.1. The molecule has 0 spiro atoms. The predicted molar refractivity (Wildman–Crippen MR) is 37.4 cm³/mol. The molecule has 4 heteroatoms. The van der Waals surface area contributed by atoms with Gasteiger partial charge >= 0.3 is 0 Å². The molecule has 0 aliphatic carbocycles. The molecule has 0 aromatic carbocycles. The smallest absolute Gasteiger partial charge is 0.164 e. The van der Waals surface area contributed by atoms with Crippen LogP contribution in [0.3, 0.4) is 0 Å². The number of hydrogen-bond acceptors (Lipinski definition) is 2. The summed E-state index contributed by atoms with van der Waals surface area (Å²) in [7, 11) is 0. The van der Waals surface area contributed by atoms with Crippen molar-refractivity contribution in [2.45, 2.75) is 6.92 Å². The van der Waals surface area contributed by atoms with Crippen LogP contribution in [0.5, 0.6) is 0 Å². The summed E-state index contributed by atoms with van der Waals surface area (Å²) in [6, 6.07) is 0. The first-order chi connectivity index (χ1) is 3.31. The molecule has 0 aliphatic heterocycles. The standard InChI is InChI=1S/C3H5IN2O/c1-3(6-7)5-2-4/h2,7H,1H3/b5-2?,6-3-. The number of hydrogen-bond donors (Lipinski definition) is 1. The minimum atomic E-state index is 0.370. The molecule has 0 radical (unpaired) electrons. The van der Waals surface area contributed by atoms with Gasteiger partial charge in [0.15, 0.2) is 5.84 Å². The van der Waals surface area contributed by atoms with E-state index in [2.05, 4.69) is 10.1 Å². The maximum atomic E-state index is 7.94. The minimum Gasteiger partial charge on any atom is -0.409 e. The molecule has 0 fully saturated rings. The zero-order valence-electron chi connectivity index (χ0n) is 3.80. The summed E-state index contributed by atoms with van der Waals surface area (Å²) in [5.41, 5.74) is 0. The Labute approximate surface area is 55.3 Å². The highest BCUT2D eigenvalue weighted by molar-refractivity contribution is 14.1. The van der Waals surface area contributed by atoms with E-state index in [1.807, 2.05) is 22.6 Å². The summed E-state index contributed by atoms with van der Waals surface area (Å²) in [5.74, 6) is 0.370. The number of halogens is 1. The van der Waals surface area contributed by atoms with Crippen LogP contribution < -0.4 is 0 Å². The van der Waals surface area contributed by atoms with Crippen LogP contribution in [0.1, 0.15) is 6.92 Å². The van der Waals surface area contributed by atoms with Crippen LogP contribution in [-0.4, -0.2) is 15.3 Å². The molecular weight excluding hydrogens is 207 g/mol. The summed E-state index contributed by atoms with van der Waals surface area (Å²) >= 11 is 1.94. The molecule has 3 nitrogen and oxygen atoms in total. The lowest BCUT2D eigenvalue weighted by Crippen LogP contribution is -1.81. The maximum absolute atomic E-state index is 7.94. The molecule has 40 valence electrons. The molecule has 0 atom stereocenters. The van der Waals surface area contributed by atoms with Gasteiger partial charge in [-0.05, 0) is 29.5 Å². The normalized spacial score (nSPS) is 13.1. The van der Waals surface area contributed by atoms with Gasteiger partial charge in [-0.2, -0.15) is 0 Å². The van der Waals surface area contributed by atoms with Crippen LogP contribution in [0.2, 0.25) is 0 Å². The number of aliphatic imine (C=N–C) groups is 1. The van der Waals surface area contributed by atoms with Crippen molar-refractivity contribution in [2.75, 3.05) is 0 Å². The summed E-state index contributed by atoms with van der Waals surface area (Å²) in [4.78, 5) is 3.60. The number of rotatable bonds is 0. The first-order valence-corrected chi connectivity index (χ1v) is 2.87. The lowest BCUT2D eigenvalue weighted by molar-refractivity contribution is 0.318. The largest absolute Gasteiger partial charge is 0.409 e. The van der Waals surface area contributed by atoms with Crippen LogP contribution in [-0.2, 0) is 0 Å². The van der Waals surface area contributed by atoms with Crippen LogP contribution in [0.15, 0.2) is 10.1 Å². The molecule has 1 N–H and O–H groups in total. The van der Waals surface area contributed by atoms with E-state index in [1.54, 1.807) is 6.92 Å². The molecule has 0 bridgehead atoms. The lowest BCUT2D eigenvalue weighted by Gasteiger charge is -1.78. The topological polar surface area (TPSA) is 45.0 Å². The average Bonchev–Trinajstić information content (AvgIpc) is 1.68. The van der Waals surface area contributed by atoms with Gasteiger partial charge in [-0.25, -0.2) is 4.99 Å². The Morgan fingerprint density at radius 3 is 2.57 bits per heavy atom. The Balaban J connectivity index is 3.58. The van der Waals surface area contributed by atoms with Gasteiger partial charge in [-0.3, -0.25) is 0 Å². The van der Waals surface area contributed by atoms with Crippen LogP contribution in [0.25, 0.3) is 0 Å². The third-order valence-electron chi connectivity index (χ3n) is 0.380. The predicted octanol–water partition coefficient (Wildman–Crippen LogP) is 1.26. The monoisotopic (exact) mass is 212 g/mol. The highest BCUT2D eigenvalue weighted by Gasteiger charge is 1.75. The highest BCUT2D eigenvalue weighted by Crippen LogP contribution is 1.77. The van der Waals surface area contributed by atoms with Crippen molar-refractivity contribution >= 4 is 32.6 Å². The number of amidine groups is 1. The average molecular weight is 212 g/mol. The summed E-state index contributed by atoms with van der Waals surface area (Å²) in [6.45, 7) is 1.61. The van der Waals surface area contributed by atoms with Gasteiger partial charge in [0.25, 0.3) is 0 Å². The van der Waals surface area contributed by atoms with Crippen molar-refractivity contribution in [1.82, 2.24) is 0 Å². The van der Waals surface area contributed by atoms with Crippen molar-refractivity contribution in [1.29, 1.82) is 0 Å². The van der Waals surface area contributed by atoms with E-state index in [-0.39, 0.29) is 0 Å². The summed E-state index contributed by atoms with van der Waals surface area (Å²) in [5, 5.41) is 10.7. The number of oxime groups is 1. The second-order valence-electron chi connectivity index (χ2n) is 0.874. The van der Waals surface area contributed by atoms with Gasteiger partial charge in [-0.15, -0.1) is 0 Å². The van der Waals surface area contributed by atoms with Crippen molar-refractivity contribution < 1.29 is 5.21 Å². The molecule has 0 saturated carbocycles. The van der Waals surface area contributed by atoms with Crippen molar-refractivity contribution in [3.63, 3.8) is 0 Å². The van der Waals surface area contributed by atoms with E-state index < -0.39 is 0 Å². The quantitative estimate of drug-likeness (QED) is 0.212. The lowest BCUT2D eigenvalue weighted by atomic mass is 10.7. The molecular formula is C3H5IN2O. The van der Waals surface area contributed by atoms with Gasteiger partial charge in [0, 0.05) is 0 Å². The molecule has 0 saturated heterocycles. The molecule has 0 aliphatic rings. The second-order valence-corrected chi connectivity index (χ2v) is 1.43. The van der Waals surface area contributed by atoms with Crippen LogP contribution in [0.4, 0.5) is 0 Å². The molecule has 0 amide bonds. The first kappa shape index (κ1) is 6.87. The zero-order chi connectivity index (χ0) is 5.70. The summed E-state index contributed by atoms with van der Waals surface area (Å²) < 4.78 is 1.53. The molecule has 0 aromatic rings.